The van der Waals surface area contributed by atoms with E-state index >= 15 is 0 Å². The largest absolute Gasteiger partial charge is 0.279 e. The lowest BCUT2D eigenvalue weighted by Crippen LogP contribution is -2.27. The number of halogens is 2. The average molecular weight is 445 g/mol. The molecule has 148 valence electrons. The summed E-state index contributed by atoms with van der Waals surface area (Å²) in [6, 6.07) is 20.8. The Morgan fingerprint density at radius 1 is 0.862 bits per heavy atom. The molecule has 1 heterocycles. The molecule has 7 heteroatoms. The monoisotopic (exact) mass is 444 g/mol. The third-order valence-electron chi connectivity index (χ3n) is 4.87. The molecule has 0 spiro atoms. The molecular formula is C22H18Cl2N2O2S. The Balaban J connectivity index is 1.79. The summed E-state index contributed by atoms with van der Waals surface area (Å²) in [7, 11) is -3.83. The Labute approximate surface area is 180 Å². The van der Waals surface area contributed by atoms with Crippen molar-refractivity contribution in [3.63, 3.8) is 0 Å². The van der Waals surface area contributed by atoms with Crippen molar-refractivity contribution in [1.82, 2.24) is 4.41 Å². The van der Waals surface area contributed by atoms with Crippen molar-refractivity contribution in [2.24, 2.45) is 5.10 Å². The predicted octanol–water partition coefficient (Wildman–Crippen LogP) is 5.84. The molecule has 0 amide bonds. The van der Waals surface area contributed by atoms with E-state index in [9.17, 15) is 8.42 Å². The molecule has 0 aromatic heterocycles. The summed E-state index contributed by atoms with van der Waals surface area (Å²) in [5.74, 6) is 0. The number of nitrogens with zero attached hydrogens (tertiary/aromatic N) is 2. The number of hydrogen-bond acceptors (Lipinski definition) is 3. The van der Waals surface area contributed by atoms with Crippen molar-refractivity contribution >= 4 is 38.9 Å². The third kappa shape index (κ3) is 4.04. The number of hydrogen-bond donors (Lipinski definition) is 0. The Bertz CT molecular complexity index is 1160. The van der Waals surface area contributed by atoms with Crippen molar-refractivity contribution in [3.05, 3.63) is 99.5 Å². The van der Waals surface area contributed by atoms with Crippen LogP contribution in [0, 0.1) is 6.92 Å². The van der Waals surface area contributed by atoms with Gasteiger partial charge in [0.1, 0.15) is 0 Å². The van der Waals surface area contributed by atoms with Gasteiger partial charge in [-0.25, -0.2) is 0 Å². The highest BCUT2D eigenvalue weighted by molar-refractivity contribution is 7.89. The molecule has 0 N–H and O–H groups in total. The fraction of sp³-hybridized carbons (Fsp3) is 0.136. The van der Waals surface area contributed by atoms with Crippen LogP contribution in [0.5, 0.6) is 0 Å². The van der Waals surface area contributed by atoms with Crippen LogP contribution < -0.4 is 0 Å². The Morgan fingerprint density at radius 2 is 1.41 bits per heavy atom. The van der Waals surface area contributed by atoms with Crippen molar-refractivity contribution in [1.29, 1.82) is 0 Å². The maximum absolute atomic E-state index is 13.4. The second-order valence-electron chi connectivity index (χ2n) is 6.92. The molecule has 0 bridgehead atoms. The molecule has 0 radical (unpaired) electrons. The van der Waals surface area contributed by atoms with Crippen LogP contribution in [0.4, 0.5) is 0 Å². The van der Waals surface area contributed by atoms with Crippen molar-refractivity contribution in [3.8, 4) is 0 Å². The first-order chi connectivity index (χ1) is 13.8. The van der Waals surface area contributed by atoms with Gasteiger partial charge in [0.15, 0.2) is 0 Å². The highest BCUT2D eigenvalue weighted by Gasteiger charge is 2.37. The smallest absolute Gasteiger partial charge is 0.200 e. The molecule has 1 aliphatic heterocycles. The molecule has 1 atom stereocenters. The van der Waals surface area contributed by atoms with Gasteiger partial charge in [-0.05, 0) is 54.4 Å². The molecular weight excluding hydrogens is 427 g/mol. The molecule has 4 rings (SSSR count). The summed E-state index contributed by atoms with van der Waals surface area (Å²) >= 11 is 12.0. The minimum Gasteiger partial charge on any atom is -0.200 e. The fourth-order valence-electron chi connectivity index (χ4n) is 3.28. The Kier molecular flexibility index (Phi) is 5.38. The van der Waals surface area contributed by atoms with Gasteiger partial charge in [-0.15, -0.1) is 0 Å². The lowest BCUT2D eigenvalue weighted by molar-refractivity contribution is 0.371. The van der Waals surface area contributed by atoms with E-state index in [1.807, 2.05) is 31.2 Å². The lowest BCUT2D eigenvalue weighted by Gasteiger charge is -2.23. The van der Waals surface area contributed by atoms with Crippen LogP contribution in [-0.2, 0) is 10.0 Å². The number of aryl methyl sites for hydroxylation is 1. The van der Waals surface area contributed by atoms with Gasteiger partial charge in [0, 0.05) is 16.5 Å². The van der Waals surface area contributed by atoms with Crippen LogP contribution in [-0.4, -0.2) is 18.5 Å². The minimum absolute atomic E-state index is 0.211. The zero-order valence-corrected chi connectivity index (χ0v) is 17.9. The summed E-state index contributed by atoms with van der Waals surface area (Å²) in [5.41, 5.74) is 3.36. The van der Waals surface area contributed by atoms with Crippen molar-refractivity contribution in [2.75, 3.05) is 0 Å². The maximum Gasteiger partial charge on any atom is 0.279 e. The molecule has 0 saturated heterocycles. The first kappa shape index (κ1) is 20.0. The first-order valence-electron chi connectivity index (χ1n) is 9.04. The maximum atomic E-state index is 13.4. The van der Waals surface area contributed by atoms with E-state index in [1.165, 1.54) is 4.41 Å². The second kappa shape index (κ2) is 7.82. The van der Waals surface area contributed by atoms with E-state index in [1.54, 1.807) is 48.5 Å². The van der Waals surface area contributed by atoms with Gasteiger partial charge in [-0.3, -0.25) is 0 Å². The summed E-state index contributed by atoms with van der Waals surface area (Å²) in [6.07, 6.45) is 0.453. The van der Waals surface area contributed by atoms with Crippen molar-refractivity contribution in [2.45, 2.75) is 24.3 Å². The zero-order chi connectivity index (χ0) is 20.6. The summed E-state index contributed by atoms with van der Waals surface area (Å²) in [5, 5.41) is 5.74. The van der Waals surface area contributed by atoms with Crippen LogP contribution in [0.25, 0.3) is 0 Å². The molecule has 0 fully saturated rings. The minimum atomic E-state index is -3.83. The predicted molar refractivity (Wildman–Crippen MR) is 117 cm³/mol. The van der Waals surface area contributed by atoms with Gasteiger partial charge in [0.2, 0.25) is 0 Å². The van der Waals surface area contributed by atoms with Crippen molar-refractivity contribution < 1.29 is 8.42 Å². The standard InChI is InChI=1S/C22H18Cl2N2O2S/c1-15-2-12-20(13-3-15)29(27,28)26-22(17-6-10-19(24)11-7-17)14-21(25-26)16-4-8-18(23)9-5-16/h2-13,22H,14H2,1H3/t22-/m0/s1. The summed E-state index contributed by atoms with van der Waals surface area (Å²) < 4.78 is 28.0. The van der Waals surface area contributed by atoms with Gasteiger partial charge in [-0.1, -0.05) is 65.2 Å². The fourth-order valence-corrected chi connectivity index (χ4v) is 4.96. The average Bonchev–Trinajstić information content (AvgIpc) is 3.16. The molecule has 0 aliphatic carbocycles. The molecule has 3 aromatic carbocycles. The third-order valence-corrected chi connectivity index (χ3v) is 7.07. The molecule has 29 heavy (non-hydrogen) atoms. The Morgan fingerprint density at radius 3 is 2.00 bits per heavy atom. The normalized spacial score (nSPS) is 16.7. The van der Waals surface area contributed by atoms with Crippen LogP contribution in [0.3, 0.4) is 0 Å². The summed E-state index contributed by atoms with van der Waals surface area (Å²) in [6.45, 7) is 1.92. The molecule has 0 unspecified atom stereocenters. The van der Waals surface area contributed by atoms with Crippen LogP contribution in [0.2, 0.25) is 10.0 Å². The van der Waals surface area contributed by atoms with Gasteiger partial charge in [-0.2, -0.15) is 17.9 Å². The van der Waals surface area contributed by atoms with Gasteiger partial charge in [0.05, 0.1) is 16.6 Å². The van der Waals surface area contributed by atoms with E-state index in [4.69, 9.17) is 23.2 Å². The quantitative estimate of drug-likeness (QED) is 0.507. The number of hydrazone groups is 1. The van der Waals surface area contributed by atoms with Crippen LogP contribution in [0.15, 0.2) is 82.8 Å². The number of sulfonamides is 1. The highest BCUT2D eigenvalue weighted by atomic mass is 35.5. The van der Waals surface area contributed by atoms with Crippen LogP contribution in [0.1, 0.15) is 29.2 Å². The van der Waals surface area contributed by atoms with E-state index in [-0.39, 0.29) is 4.90 Å². The van der Waals surface area contributed by atoms with E-state index in [0.717, 1.165) is 16.7 Å². The SMILES string of the molecule is Cc1ccc(S(=O)(=O)N2N=C(c3ccc(Cl)cc3)C[C@H]2c2ccc(Cl)cc2)cc1. The Hall–Kier alpha value is -2.34. The molecule has 3 aromatic rings. The molecule has 4 nitrogen and oxygen atoms in total. The molecule has 1 aliphatic rings. The van der Waals surface area contributed by atoms with Gasteiger partial charge in [0.25, 0.3) is 10.0 Å². The van der Waals surface area contributed by atoms with Crippen LogP contribution >= 0.6 is 23.2 Å². The van der Waals surface area contributed by atoms with E-state index < -0.39 is 16.1 Å². The van der Waals surface area contributed by atoms with E-state index in [0.29, 0.717) is 22.2 Å². The van der Waals surface area contributed by atoms with E-state index in [2.05, 4.69) is 5.10 Å². The second-order valence-corrected chi connectivity index (χ2v) is 9.58. The zero-order valence-electron chi connectivity index (χ0n) is 15.6. The number of rotatable bonds is 4. The number of benzene rings is 3. The summed E-state index contributed by atoms with van der Waals surface area (Å²) in [4.78, 5) is 0.211. The van der Waals surface area contributed by atoms with Gasteiger partial charge >= 0.3 is 0 Å². The highest BCUT2D eigenvalue weighted by Crippen LogP contribution is 2.37. The first-order valence-corrected chi connectivity index (χ1v) is 11.2. The topological polar surface area (TPSA) is 49.7 Å². The lowest BCUT2D eigenvalue weighted by atomic mass is 9.99. The molecule has 0 saturated carbocycles. The van der Waals surface area contributed by atoms with Gasteiger partial charge < -0.3 is 0 Å².